The highest BCUT2D eigenvalue weighted by Gasteiger charge is 2.42. The van der Waals surface area contributed by atoms with Crippen LogP contribution in [0.25, 0.3) is 0 Å². The Labute approximate surface area is 637 Å². The minimum absolute atomic E-state index is 0.0292. The molecule has 0 aliphatic heterocycles. The van der Waals surface area contributed by atoms with Crippen LogP contribution in [0, 0.1) is 5.92 Å². The predicted molar refractivity (Wildman–Crippen MR) is 411 cm³/mol. The van der Waals surface area contributed by atoms with Gasteiger partial charge in [0.25, 0.3) is 0 Å². The molecule has 0 spiro atoms. The van der Waals surface area contributed by atoms with Crippen LogP contribution < -0.4 is 69.6 Å². The molecule has 0 heterocycles. The molecule has 5 rings (SSSR count). The largest absolute Gasteiger partial charge is 0.488 e. The molecule has 10 amide bonds. The number of rotatable bonds is 39. The molecule has 5 aromatic carbocycles. The molecule has 108 heavy (non-hydrogen) atoms. The van der Waals surface area contributed by atoms with E-state index in [0.717, 1.165) is 16.7 Å². The molecule has 15 N–H and O–H groups in total. The Morgan fingerprint density at radius 2 is 0.731 bits per heavy atom. The number of amides is 10. The number of carbonyl (C=O) groups excluding carboxylic acids is 12. The molecule has 0 fully saturated rings. The maximum absolute atomic E-state index is 15.6. The first-order valence-corrected chi connectivity index (χ1v) is 36.9. The maximum Gasteiger partial charge on any atom is 0.329 e. The van der Waals surface area contributed by atoms with Crippen molar-refractivity contribution in [3.05, 3.63) is 167 Å². The third-order valence-electron chi connectivity index (χ3n) is 16.0. The number of thioether (sulfide) groups is 1. The lowest BCUT2D eigenvalue weighted by atomic mass is 9.84. The summed E-state index contributed by atoms with van der Waals surface area (Å²) in [6.45, 7) is 24.3. The van der Waals surface area contributed by atoms with Gasteiger partial charge in [0.15, 0.2) is 0 Å². The summed E-state index contributed by atoms with van der Waals surface area (Å²) >= 11 is 1.25. The first kappa shape index (κ1) is 88.3. The molecule has 0 unspecified atom stereocenters. The van der Waals surface area contributed by atoms with Gasteiger partial charge in [-0.1, -0.05) is 129 Å². The van der Waals surface area contributed by atoms with Crippen molar-refractivity contribution in [2.75, 3.05) is 5.75 Å². The fraction of sp³-hybridized carbons (Fsp3) is 0.475. The summed E-state index contributed by atoms with van der Waals surface area (Å²) in [6.07, 6.45) is -3.73. The van der Waals surface area contributed by atoms with Gasteiger partial charge in [-0.2, -0.15) is 0 Å². The van der Waals surface area contributed by atoms with Gasteiger partial charge in [0.05, 0.1) is 23.6 Å². The Kier molecular flexibility index (Phi) is 32.7. The highest BCUT2D eigenvalue weighted by Crippen LogP contribution is 2.49. The molecule has 0 aliphatic rings. The van der Waals surface area contributed by atoms with Crippen molar-refractivity contribution in [1.82, 2.24) is 37.2 Å². The number of ether oxygens (including phenoxy) is 4. The Morgan fingerprint density at radius 1 is 0.380 bits per heavy atom. The van der Waals surface area contributed by atoms with Gasteiger partial charge in [-0.25, -0.2) is 4.79 Å². The molecule has 586 valence electrons. The molecule has 0 radical (unpaired) electrons. The zero-order chi connectivity index (χ0) is 80.5. The molecular formula is C80H109N11O16S. The van der Waals surface area contributed by atoms with E-state index in [0.29, 0.717) is 22.6 Å². The monoisotopic (exact) mass is 1510 g/mol. The molecule has 0 aromatic heterocycles. The van der Waals surface area contributed by atoms with Crippen LogP contribution in [0.2, 0.25) is 0 Å². The lowest BCUT2D eigenvalue weighted by Gasteiger charge is -2.37. The van der Waals surface area contributed by atoms with Gasteiger partial charge in [-0.3, -0.25) is 52.7 Å². The maximum atomic E-state index is 15.6. The third kappa shape index (κ3) is 30.5. The van der Waals surface area contributed by atoms with Crippen molar-refractivity contribution in [2.45, 2.75) is 230 Å². The number of nitrogens with two attached hydrogens (primary N) is 4. The fourth-order valence-corrected chi connectivity index (χ4v) is 12.9. The van der Waals surface area contributed by atoms with Crippen LogP contribution in [0.3, 0.4) is 0 Å². The van der Waals surface area contributed by atoms with Crippen molar-refractivity contribution in [2.24, 2.45) is 28.9 Å². The highest BCUT2D eigenvalue weighted by molar-refractivity contribution is 8.00. The molecule has 27 nitrogen and oxygen atoms in total. The quantitative estimate of drug-likeness (QED) is 0.0164. The summed E-state index contributed by atoms with van der Waals surface area (Å²) in [5.74, 6) is -11.3. The van der Waals surface area contributed by atoms with Gasteiger partial charge in [0, 0.05) is 25.0 Å². The van der Waals surface area contributed by atoms with Gasteiger partial charge in [0.2, 0.25) is 59.1 Å². The molecule has 0 saturated carbocycles. The van der Waals surface area contributed by atoms with Crippen LogP contribution in [0.1, 0.15) is 170 Å². The van der Waals surface area contributed by atoms with Crippen LogP contribution in [-0.4, -0.2) is 148 Å². The number of hydrogen-bond donors (Lipinski definition) is 11. The van der Waals surface area contributed by atoms with Crippen LogP contribution in [-0.2, 0) is 84.6 Å². The average molecular weight is 1510 g/mol. The van der Waals surface area contributed by atoms with Crippen LogP contribution in [0.4, 0.5) is 0 Å². The average Bonchev–Trinajstić information content (AvgIpc) is 0.754. The summed E-state index contributed by atoms with van der Waals surface area (Å²) < 4.78 is 22.0. The van der Waals surface area contributed by atoms with E-state index in [4.69, 9.17) is 41.9 Å². The standard InChI is InChI=1S/C80H109N11O16S/c1-48(2)42-59(87-69(97)57(38-40-64(82)92)85-68(96)56(81)43-49-30-34-54(35-31-49)104-76(3,4)5)71(99)86-58(39-41-67(95)106-78(9,10)11)70(98)89-61(45-65(83)93)73(101)88-60(44-50-32-36-55(37-33-50)105-77(6,7)8)72(100)91-63(74(102)90-62(46-66(84)94)75(103)107-79(12,13)14)47-108-80(51-24-18-15-19-25-51,52-26-20-16-21-27-52)53-28-22-17-23-29-53/h15-37,48,56-63H,38-47,81H2,1-14H3,(H2,82,92)(H2,83,93)(H2,84,94)(H,85,96)(H,86,99)(H,87,97)(H,88,101)(H,89,98)(H,90,102)(H,91,100)/t56-,57-,58-,59-,60-,61-,62-,63-/m0/s1. The minimum Gasteiger partial charge on any atom is -0.488 e. The molecule has 8 atom stereocenters. The Bertz CT molecular complexity index is 3780. The summed E-state index contributed by atoms with van der Waals surface area (Å²) in [5, 5.41) is 18.4. The Balaban J connectivity index is 1.56. The Morgan fingerprint density at radius 3 is 1.16 bits per heavy atom. The number of carbonyl (C=O) groups is 12. The number of primary amides is 3. The van der Waals surface area contributed by atoms with Crippen molar-refractivity contribution in [3.63, 3.8) is 0 Å². The van der Waals surface area contributed by atoms with E-state index in [1.165, 1.54) is 11.8 Å². The van der Waals surface area contributed by atoms with E-state index in [1.807, 2.05) is 133 Å². The van der Waals surface area contributed by atoms with Gasteiger partial charge in [-0.05, 0) is 167 Å². The van der Waals surface area contributed by atoms with Gasteiger partial charge in [0.1, 0.15) is 76.2 Å². The van der Waals surface area contributed by atoms with Crippen molar-refractivity contribution < 1.29 is 76.5 Å². The second-order valence-electron chi connectivity index (χ2n) is 30.9. The van der Waals surface area contributed by atoms with Crippen molar-refractivity contribution in [1.29, 1.82) is 0 Å². The number of esters is 2. The van der Waals surface area contributed by atoms with E-state index in [9.17, 15) is 43.2 Å². The number of benzene rings is 5. The first-order chi connectivity index (χ1) is 50.4. The molecule has 5 aromatic rings. The van der Waals surface area contributed by atoms with Crippen LogP contribution >= 0.6 is 11.8 Å². The summed E-state index contributed by atoms with van der Waals surface area (Å²) in [4.78, 5) is 169. The normalized spacial score (nSPS) is 14.1. The predicted octanol–water partition coefficient (Wildman–Crippen LogP) is 5.80. The lowest BCUT2D eigenvalue weighted by Crippen LogP contribution is -2.61. The zero-order valence-electron chi connectivity index (χ0n) is 64.3. The van der Waals surface area contributed by atoms with E-state index in [1.54, 1.807) is 104 Å². The minimum atomic E-state index is -1.94. The third-order valence-corrected chi connectivity index (χ3v) is 17.6. The van der Waals surface area contributed by atoms with Gasteiger partial charge < -0.3 is 79.1 Å². The smallest absolute Gasteiger partial charge is 0.329 e. The van der Waals surface area contributed by atoms with Crippen LogP contribution in [0.5, 0.6) is 11.5 Å². The molecule has 0 aliphatic carbocycles. The number of nitrogens with one attached hydrogen (secondary N) is 7. The zero-order valence-corrected chi connectivity index (χ0v) is 65.1. The lowest BCUT2D eigenvalue weighted by molar-refractivity contribution is -0.159. The van der Waals surface area contributed by atoms with E-state index >= 15 is 14.4 Å². The Hall–Kier alpha value is -10.4. The van der Waals surface area contributed by atoms with E-state index in [-0.39, 0.29) is 43.8 Å². The molecule has 0 saturated heterocycles. The SMILES string of the molecule is CC(C)C[C@H](NC(=O)[C@H](CCC(N)=O)NC(=O)[C@@H](N)Cc1ccc(OC(C)(C)C)cc1)C(=O)N[C@@H](CCC(=O)OC(C)(C)C)C(=O)N[C@@H](CC(N)=O)C(=O)N[C@@H](Cc1ccc(OC(C)(C)C)cc1)C(=O)N[C@@H](CSC(c1ccccc1)(c1ccccc1)c1ccccc1)C(=O)N[C@@H](CC(N)=O)C(=O)OC(C)(C)C. The van der Waals surface area contributed by atoms with Crippen molar-refractivity contribution in [3.8, 4) is 11.5 Å². The first-order valence-electron chi connectivity index (χ1n) is 35.9. The van der Waals surface area contributed by atoms with E-state index in [2.05, 4.69) is 37.2 Å². The number of hydrogen-bond acceptors (Lipinski definition) is 18. The summed E-state index contributed by atoms with van der Waals surface area (Å²) in [6, 6.07) is 28.8. The topological polar surface area (TPSA) is 430 Å². The molecular weight excluding hydrogens is 1400 g/mol. The molecule has 28 heteroatoms. The van der Waals surface area contributed by atoms with Crippen molar-refractivity contribution >= 4 is 82.8 Å². The van der Waals surface area contributed by atoms with Gasteiger partial charge in [-0.15, -0.1) is 11.8 Å². The summed E-state index contributed by atoms with van der Waals surface area (Å²) in [5.41, 5.74) is 23.6. The van der Waals surface area contributed by atoms with Crippen LogP contribution in [0.15, 0.2) is 140 Å². The summed E-state index contributed by atoms with van der Waals surface area (Å²) in [7, 11) is 0. The van der Waals surface area contributed by atoms with Gasteiger partial charge >= 0.3 is 11.9 Å². The fourth-order valence-electron chi connectivity index (χ4n) is 11.3. The second-order valence-corrected chi connectivity index (χ2v) is 32.1. The van der Waals surface area contributed by atoms with E-state index < -0.39 is 172 Å². The second kappa shape index (κ2) is 40.0. The highest BCUT2D eigenvalue weighted by atomic mass is 32.2. The molecule has 0 bridgehead atoms.